The molecule has 0 radical (unpaired) electrons. The van der Waals surface area contributed by atoms with Crippen molar-refractivity contribution < 1.29 is 4.79 Å². The van der Waals surface area contributed by atoms with Crippen LogP contribution in [0, 0.1) is 41.7 Å². The summed E-state index contributed by atoms with van der Waals surface area (Å²) in [7, 11) is -2.86. The van der Waals surface area contributed by atoms with Crippen molar-refractivity contribution in [2.45, 2.75) is 35.5 Å². The van der Waals surface area contributed by atoms with Gasteiger partial charge in [0.05, 0.1) is 16.5 Å². The fourth-order valence-corrected chi connectivity index (χ4v) is 7.45. The average molecular weight is 504 g/mol. The first-order valence-electron chi connectivity index (χ1n) is 11.4. The van der Waals surface area contributed by atoms with Crippen molar-refractivity contribution >= 4 is 27.5 Å². The van der Waals surface area contributed by atoms with Crippen LogP contribution in [-0.4, -0.2) is 41.3 Å². The van der Waals surface area contributed by atoms with E-state index in [0.717, 1.165) is 26.5 Å². The van der Waals surface area contributed by atoms with Gasteiger partial charge in [-0.1, -0.05) is 35.5 Å². The lowest BCUT2D eigenvalue weighted by Gasteiger charge is -2.37. The van der Waals surface area contributed by atoms with Gasteiger partial charge in [0.2, 0.25) is 0 Å². The number of hydrogen-bond donors (Lipinski definition) is 2. The zero-order chi connectivity index (χ0) is 25.2. The Hall–Kier alpha value is -3.12. The molecule has 3 aromatic carbocycles. The predicted molar refractivity (Wildman–Crippen MR) is 141 cm³/mol. The normalized spacial score (nSPS) is 14.5. The SMILES string of the molecule is Cc1cc(C)cc(Sc2ccc(C#N)cc2S(=N)(=N)N2CCN(C(=O)c3cccc(C)c3)CC2)c1. The van der Waals surface area contributed by atoms with Gasteiger partial charge in [0.1, 0.15) is 0 Å². The molecule has 1 saturated heterocycles. The van der Waals surface area contributed by atoms with Gasteiger partial charge in [-0.25, -0.2) is 4.31 Å². The Balaban J connectivity index is 1.57. The Morgan fingerprint density at radius 1 is 0.914 bits per heavy atom. The maximum absolute atomic E-state index is 13.0. The van der Waals surface area contributed by atoms with Gasteiger partial charge >= 0.3 is 0 Å². The van der Waals surface area contributed by atoms with E-state index >= 15 is 0 Å². The summed E-state index contributed by atoms with van der Waals surface area (Å²) in [6.45, 7) is 7.91. The smallest absolute Gasteiger partial charge is 0.253 e. The second-order valence-corrected chi connectivity index (χ2v) is 12.1. The van der Waals surface area contributed by atoms with Gasteiger partial charge in [0.25, 0.3) is 5.91 Å². The van der Waals surface area contributed by atoms with Crippen molar-refractivity contribution in [3.63, 3.8) is 0 Å². The Morgan fingerprint density at radius 3 is 2.23 bits per heavy atom. The first kappa shape index (κ1) is 25.0. The minimum Gasteiger partial charge on any atom is -0.336 e. The fourth-order valence-electron chi connectivity index (χ4n) is 4.28. The van der Waals surface area contributed by atoms with Gasteiger partial charge in [-0.2, -0.15) is 5.26 Å². The van der Waals surface area contributed by atoms with Crippen LogP contribution in [0.15, 0.2) is 75.4 Å². The second kappa shape index (κ2) is 10.2. The molecule has 1 amide bonds. The molecule has 0 spiro atoms. The van der Waals surface area contributed by atoms with Gasteiger partial charge in [-0.05, 0) is 74.4 Å². The summed E-state index contributed by atoms with van der Waals surface area (Å²) in [5.74, 6) is -0.0125. The lowest BCUT2D eigenvalue weighted by Crippen LogP contribution is -2.50. The van der Waals surface area contributed by atoms with Crippen molar-refractivity contribution in [1.29, 1.82) is 14.8 Å². The van der Waals surface area contributed by atoms with E-state index in [1.54, 1.807) is 17.0 Å². The molecule has 0 atom stereocenters. The second-order valence-electron chi connectivity index (χ2n) is 8.87. The highest BCUT2D eigenvalue weighted by Crippen LogP contribution is 2.36. The number of piperazine rings is 1. The van der Waals surface area contributed by atoms with Crippen molar-refractivity contribution in [3.8, 4) is 6.07 Å². The van der Waals surface area contributed by atoms with Crippen LogP contribution in [0.1, 0.15) is 32.6 Å². The molecule has 1 heterocycles. The Kier molecular flexibility index (Phi) is 7.31. The highest BCUT2D eigenvalue weighted by atomic mass is 32.2. The molecule has 3 aromatic rings. The van der Waals surface area contributed by atoms with Gasteiger partial charge in [0, 0.05) is 51.3 Å². The average Bonchev–Trinajstić information content (AvgIpc) is 2.83. The van der Waals surface area contributed by atoms with E-state index < -0.39 is 9.81 Å². The van der Waals surface area contributed by atoms with Crippen LogP contribution in [0.5, 0.6) is 0 Å². The third kappa shape index (κ3) is 5.59. The van der Waals surface area contributed by atoms with Crippen LogP contribution in [-0.2, 0) is 9.81 Å². The maximum atomic E-state index is 13.0. The summed E-state index contributed by atoms with van der Waals surface area (Å²) in [5, 5.41) is 9.49. The number of hydrogen-bond acceptors (Lipinski definition) is 5. The number of benzene rings is 3. The molecule has 1 fully saturated rings. The molecule has 4 rings (SSSR count). The van der Waals surface area contributed by atoms with E-state index in [4.69, 9.17) is 9.56 Å². The number of nitriles is 1. The number of amides is 1. The van der Waals surface area contributed by atoms with Crippen molar-refractivity contribution in [2.24, 2.45) is 0 Å². The number of rotatable bonds is 5. The number of nitrogens with one attached hydrogen (secondary N) is 2. The molecular weight excluding hydrogens is 474 g/mol. The quantitative estimate of drug-likeness (QED) is 0.443. The molecule has 6 nitrogen and oxygen atoms in total. The summed E-state index contributed by atoms with van der Waals surface area (Å²) in [6, 6.07) is 21.4. The van der Waals surface area contributed by atoms with Crippen molar-refractivity contribution in [1.82, 2.24) is 9.21 Å². The molecule has 35 heavy (non-hydrogen) atoms. The fraction of sp³-hybridized carbons (Fsp3) is 0.259. The zero-order valence-electron chi connectivity index (χ0n) is 20.2. The third-order valence-corrected chi connectivity index (χ3v) is 9.28. The summed E-state index contributed by atoms with van der Waals surface area (Å²) in [5.41, 5.74) is 4.48. The lowest BCUT2D eigenvalue weighted by atomic mass is 10.1. The van der Waals surface area contributed by atoms with E-state index in [1.807, 2.05) is 41.6 Å². The lowest BCUT2D eigenvalue weighted by molar-refractivity contribution is 0.0701. The molecule has 8 heteroatoms. The van der Waals surface area contributed by atoms with E-state index in [1.165, 1.54) is 11.8 Å². The summed E-state index contributed by atoms with van der Waals surface area (Å²) in [4.78, 5) is 17.2. The predicted octanol–water partition coefficient (Wildman–Crippen LogP) is 6.05. The van der Waals surface area contributed by atoms with Crippen LogP contribution < -0.4 is 0 Å². The molecule has 0 unspecified atom stereocenters. The summed E-state index contributed by atoms with van der Waals surface area (Å²) in [6.07, 6.45) is 0. The molecule has 0 aliphatic carbocycles. The molecule has 1 aliphatic heterocycles. The Labute approximate surface area is 212 Å². The Morgan fingerprint density at radius 2 is 1.60 bits per heavy atom. The minimum atomic E-state index is -2.86. The standard InChI is InChI=1S/C27H29N5OS2/c1-19-5-4-6-23(14-19)27(33)31-9-11-32(12-10-31)35(29,30)26-17-22(18-28)7-8-25(26)34-24-15-20(2)13-21(3)16-24/h4-8,13-17,29-30H,9-12H2,1-3H3. The van der Waals surface area contributed by atoms with Crippen LogP contribution in [0.2, 0.25) is 0 Å². The van der Waals surface area contributed by atoms with Gasteiger partial charge in [-0.15, -0.1) is 0 Å². The van der Waals surface area contributed by atoms with Crippen LogP contribution in [0.25, 0.3) is 0 Å². The topological polar surface area (TPSA) is 95.0 Å². The van der Waals surface area contributed by atoms with Gasteiger partial charge in [-0.3, -0.25) is 14.4 Å². The number of carbonyl (C=O) groups excluding carboxylic acids is 1. The number of nitrogens with zero attached hydrogens (tertiary/aromatic N) is 3. The summed E-state index contributed by atoms with van der Waals surface area (Å²) >= 11 is 1.54. The zero-order valence-corrected chi connectivity index (χ0v) is 21.8. The van der Waals surface area contributed by atoms with Crippen LogP contribution in [0.3, 0.4) is 0 Å². The van der Waals surface area contributed by atoms with E-state index in [9.17, 15) is 10.1 Å². The van der Waals surface area contributed by atoms with Crippen molar-refractivity contribution in [3.05, 3.63) is 88.5 Å². The van der Waals surface area contributed by atoms with Crippen LogP contribution in [0.4, 0.5) is 0 Å². The molecular formula is C27H29N5OS2. The number of carbonyl (C=O) groups is 1. The molecule has 180 valence electrons. The van der Waals surface area contributed by atoms with Crippen LogP contribution >= 0.6 is 11.8 Å². The number of aryl methyl sites for hydroxylation is 3. The molecule has 0 saturated carbocycles. The molecule has 0 bridgehead atoms. The van der Waals surface area contributed by atoms with E-state index in [0.29, 0.717) is 42.2 Å². The van der Waals surface area contributed by atoms with E-state index in [-0.39, 0.29) is 5.91 Å². The highest BCUT2D eigenvalue weighted by molar-refractivity contribution is 8.00. The molecule has 2 N–H and O–H groups in total. The molecule has 0 aromatic heterocycles. The third-order valence-electron chi connectivity index (χ3n) is 5.99. The van der Waals surface area contributed by atoms with Crippen molar-refractivity contribution in [2.75, 3.05) is 26.2 Å². The Bertz CT molecular complexity index is 1400. The largest absolute Gasteiger partial charge is 0.336 e. The maximum Gasteiger partial charge on any atom is 0.253 e. The first-order chi connectivity index (χ1) is 16.7. The monoisotopic (exact) mass is 503 g/mol. The molecule has 1 aliphatic rings. The minimum absolute atomic E-state index is 0.0125. The summed E-state index contributed by atoms with van der Waals surface area (Å²) < 4.78 is 20.1. The first-order valence-corrected chi connectivity index (χ1v) is 13.8. The van der Waals surface area contributed by atoms with Gasteiger partial charge in [0.15, 0.2) is 0 Å². The van der Waals surface area contributed by atoms with Gasteiger partial charge < -0.3 is 4.90 Å². The highest BCUT2D eigenvalue weighted by Gasteiger charge is 2.28. The van der Waals surface area contributed by atoms with E-state index in [2.05, 4.69) is 38.1 Å².